The maximum absolute atomic E-state index is 13.0. The first kappa shape index (κ1) is 19.1. The first-order valence-corrected chi connectivity index (χ1v) is 8.87. The highest BCUT2D eigenvalue weighted by molar-refractivity contribution is 5.98. The molecule has 28 heavy (non-hydrogen) atoms. The van der Waals surface area contributed by atoms with Gasteiger partial charge in [-0.3, -0.25) is 9.78 Å². The SMILES string of the molecule is CCOc1ccccc1NC(=O)[C@@H](OC(=O)c1cccnc1)c1ccccc1. The Bertz CT molecular complexity index is 930. The van der Waals surface area contributed by atoms with Crippen molar-refractivity contribution in [2.24, 2.45) is 0 Å². The number of hydrogen-bond donors (Lipinski definition) is 1. The molecule has 6 heteroatoms. The van der Waals surface area contributed by atoms with Gasteiger partial charge in [0.25, 0.3) is 5.91 Å². The third-order valence-corrected chi connectivity index (χ3v) is 3.91. The van der Waals surface area contributed by atoms with Crippen LogP contribution in [0.4, 0.5) is 5.69 Å². The van der Waals surface area contributed by atoms with Crippen molar-refractivity contribution in [3.8, 4) is 5.75 Å². The number of carbonyl (C=O) groups is 2. The van der Waals surface area contributed by atoms with Crippen LogP contribution in [0.15, 0.2) is 79.1 Å². The van der Waals surface area contributed by atoms with E-state index in [0.29, 0.717) is 23.6 Å². The van der Waals surface area contributed by atoms with Crippen molar-refractivity contribution in [2.45, 2.75) is 13.0 Å². The number of para-hydroxylation sites is 2. The largest absolute Gasteiger partial charge is 0.492 e. The van der Waals surface area contributed by atoms with E-state index in [0.717, 1.165) is 0 Å². The highest BCUT2D eigenvalue weighted by Gasteiger charge is 2.26. The van der Waals surface area contributed by atoms with Gasteiger partial charge in [-0.15, -0.1) is 0 Å². The molecule has 0 aliphatic rings. The number of nitrogens with one attached hydrogen (secondary N) is 1. The van der Waals surface area contributed by atoms with E-state index in [1.807, 2.05) is 19.1 Å². The second kappa shape index (κ2) is 9.32. The Labute approximate surface area is 163 Å². The number of nitrogens with zero attached hydrogens (tertiary/aromatic N) is 1. The fourth-order valence-electron chi connectivity index (χ4n) is 2.61. The summed E-state index contributed by atoms with van der Waals surface area (Å²) >= 11 is 0. The highest BCUT2D eigenvalue weighted by Crippen LogP contribution is 2.27. The van der Waals surface area contributed by atoms with Crippen LogP contribution in [0.25, 0.3) is 0 Å². The van der Waals surface area contributed by atoms with Crippen LogP contribution < -0.4 is 10.1 Å². The molecule has 0 saturated carbocycles. The van der Waals surface area contributed by atoms with Gasteiger partial charge < -0.3 is 14.8 Å². The van der Waals surface area contributed by atoms with E-state index in [1.165, 1.54) is 6.20 Å². The molecule has 0 unspecified atom stereocenters. The molecular formula is C22H20N2O4. The first-order valence-electron chi connectivity index (χ1n) is 8.87. The minimum atomic E-state index is -1.12. The lowest BCUT2D eigenvalue weighted by Gasteiger charge is -2.19. The van der Waals surface area contributed by atoms with Crippen molar-refractivity contribution in [3.05, 3.63) is 90.3 Å². The summed E-state index contributed by atoms with van der Waals surface area (Å²) in [4.78, 5) is 29.4. The fourth-order valence-corrected chi connectivity index (χ4v) is 2.61. The summed E-state index contributed by atoms with van der Waals surface area (Å²) in [5.74, 6) is -0.561. The van der Waals surface area contributed by atoms with Gasteiger partial charge in [0, 0.05) is 18.0 Å². The molecule has 1 heterocycles. The van der Waals surface area contributed by atoms with Gasteiger partial charge in [-0.1, -0.05) is 42.5 Å². The van der Waals surface area contributed by atoms with Crippen LogP contribution in [0.3, 0.4) is 0 Å². The Morgan fingerprint density at radius 3 is 2.46 bits per heavy atom. The Morgan fingerprint density at radius 2 is 1.75 bits per heavy atom. The second-order valence-electron chi connectivity index (χ2n) is 5.86. The minimum absolute atomic E-state index is 0.269. The average molecular weight is 376 g/mol. The smallest absolute Gasteiger partial charge is 0.340 e. The molecule has 3 aromatic rings. The summed E-state index contributed by atoms with van der Waals surface area (Å²) in [6.07, 6.45) is 1.83. The number of amides is 1. The molecule has 1 aromatic heterocycles. The van der Waals surface area contributed by atoms with Crippen molar-refractivity contribution in [1.29, 1.82) is 0 Å². The number of ether oxygens (including phenoxy) is 2. The van der Waals surface area contributed by atoms with Gasteiger partial charge in [0.15, 0.2) is 0 Å². The number of hydrogen-bond acceptors (Lipinski definition) is 5. The third-order valence-electron chi connectivity index (χ3n) is 3.91. The topological polar surface area (TPSA) is 77.5 Å². The fraction of sp³-hybridized carbons (Fsp3) is 0.136. The summed E-state index contributed by atoms with van der Waals surface area (Å²) in [5.41, 5.74) is 1.34. The lowest BCUT2D eigenvalue weighted by atomic mass is 10.1. The van der Waals surface area contributed by atoms with Gasteiger partial charge in [-0.25, -0.2) is 4.79 Å². The quantitative estimate of drug-likeness (QED) is 0.630. The Balaban J connectivity index is 1.85. The maximum Gasteiger partial charge on any atom is 0.340 e. The second-order valence-corrected chi connectivity index (χ2v) is 5.86. The predicted molar refractivity (Wildman–Crippen MR) is 105 cm³/mol. The van der Waals surface area contributed by atoms with Crippen LogP contribution >= 0.6 is 0 Å². The van der Waals surface area contributed by atoms with E-state index < -0.39 is 18.0 Å². The number of pyridine rings is 1. The Kier molecular flexibility index (Phi) is 6.36. The molecule has 1 amide bonds. The molecule has 2 aromatic carbocycles. The first-order chi connectivity index (χ1) is 13.7. The zero-order valence-electron chi connectivity index (χ0n) is 15.4. The third kappa shape index (κ3) is 4.73. The normalized spacial score (nSPS) is 11.3. The summed E-state index contributed by atoms with van der Waals surface area (Å²) in [6.45, 7) is 2.33. The van der Waals surface area contributed by atoms with Gasteiger partial charge in [0.2, 0.25) is 6.10 Å². The number of rotatable bonds is 7. The van der Waals surface area contributed by atoms with Crippen LogP contribution in [0, 0.1) is 0 Å². The van der Waals surface area contributed by atoms with Gasteiger partial charge >= 0.3 is 5.97 Å². The Morgan fingerprint density at radius 1 is 1.00 bits per heavy atom. The molecule has 0 saturated heterocycles. The summed E-state index contributed by atoms with van der Waals surface area (Å²) < 4.78 is 11.1. The van der Waals surface area contributed by atoms with Gasteiger partial charge in [-0.2, -0.15) is 0 Å². The Hall–Kier alpha value is -3.67. The summed E-state index contributed by atoms with van der Waals surface area (Å²) in [5, 5.41) is 2.79. The number of anilines is 1. The molecule has 1 atom stereocenters. The molecular weight excluding hydrogens is 356 g/mol. The van der Waals surface area contributed by atoms with Gasteiger partial charge in [-0.05, 0) is 31.2 Å². The molecule has 3 rings (SSSR count). The van der Waals surface area contributed by atoms with Crippen LogP contribution in [0.2, 0.25) is 0 Å². The van der Waals surface area contributed by atoms with Crippen LogP contribution in [-0.2, 0) is 9.53 Å². The number of esters is 1. The molecule has 0 aliphatic carbocycles. The zero-order valence-corrected chi connectivity index (χ0v) is 15.4. The van der Waals surface area contributed by atoms with Crippen LogP contribution in [0.5, 0.6) is 5.75 Å². The van der Waals surface area contributed by atoms with E-state index >= 15 is 0 Å². The molecule has 1 N–H and O–H groups in total. The van der Waals surface area contributed by atoms with E-state index in [4.69, 9.17) is 9.47 Å². The molecule has 0 fully saturated rings. The molecule has 6 nitrogen and oxygen atoms in total. The summed E-state index contributed by atoms with van der Waals surface area (Å²) in [7, 11) is 0. The maximum atomic E-state index is 13.0. The number of benzene rings is 2. The zero-order chi connectivity index (χ0) is 19.8. The van der Waals surface area contributed by atoms with Crippen LogP contribution in [0.1, 0.15) is 28.9 Å². The van der Waals surface area contributed by atoms with Crippen molar-refractivity contribution < 1.29 is 19.1 Å². The molecule has 0 spiro atoms. The van der Waals surface area contributed by atoms with Crippen molar-refractivity contribution in [2.75, 3.05) is 11.9 Å². The predicted octanol–water partition coefficient (Wildman–Crippen LogP) is 4.02. The number of carbonyl (C=O) groups excluding carboxylic acids is 2. The van der Waals surface area contributed by atoms with Gasteiger partial charge in [0.05, 0.1) is 17.9 Å². The highest BCUT2D eigenvalue weighted by atomic mass is 16.5. The minimum Gasteiger partial charge on any atom is -0.492 e. The average Bonchev–Trinajstić information content (AvgIpc) is 2.74. The van der Waals surface area contributed by atoms with E-state index in [-0.39, 0.29) is 5.56 Å². The standard InChI is InChI=1S/C22H20N2O4/c1-2-27-19-13-7-6-12-18(19)24-21(25)20(16-9-4-3-5-10-16)28-22(26)17-11-8-14-23-15-17/h3-15,20H,2H2,1H3,(H,24,25)/t20-/m0/s1. The van der Waals surface area contributed by atoms with E-state index in [1.54, 1.807) is 60.8 Å². The van der Waals surface area contributed by atoms with E-state index in [2.05, 4.69) is 10.3 Å². The van der Waals surface area contributed by atoms with Gasteiger partial charge in [0.1, 0.15) is 5.75 Å². The molecule has 0 bridgehead atoms. The summed E-state index contributed by atoms with van der Waals surface area (Å²) in [6, 6.07) is 19.2. The van der Waals surface area contributed by atoms with Crippen molar-refractivity contribution in [1.82, 2.24) is 4.98 Å². The van der Waals surface area contributed by atoms with Crippen molar-refractivity contribution >= 4 is 17.6 Å². The monoisotopic (exact) mass is 376 g/mol. The molecule has 0 radical (unpaired) electrons. The molecule has 142 valence electrons. The lowest BCUT2D eigenvalue weighted by Crippen LogP contribution is -2.26. The van der Waals surface area contributed by atoms with Crippen molar-refractivity contribution in [3.63, 3.8) is 0 Å². The lowest BCUT2D eigenvalue weighted by molar-refractivity contribution is -0.125. The number of aromatic nitrogens is 1. The van der Waals surface area contributed by atoms with E-state index in [9.17, 15) is 9.59 Å². The van der Waals surface area contributed by atoms with Crippen LogP contribution in [-0.4, -0.2) is 23.5 Å². The molecule has 0 aliphatic heterocycles.